The van der Waals surface area contributed by atoms with Crippen molar-refractivity contribution in [3.63, 3.8) is 0 Å². The molecule has 2 aromatic rings. The average molecular weight is 643 g/mol. The Balaban J connectivity index is 1.69. The van der Waals surface area contributed by atoms with E-state index in [0.717, 1.165) is 10.6 Å². The smallest absolute Gasteiger partial charge is 0.306 e. The Morgan fingerprint density at radius 1 is 1.09 bits per heavy atom. The molecule has 0 saturated carbocycles. The van der Waals surface area contributed by atoms with E-state index in [1.807, 2.05) is 55.1 Å². The molecule has 244 valence electrons. The lowest BCUT2D eigenvalue weighted by Gasteiger charge is -2.30. The van der Waals surface area contributed by atoms with Crippen LogP contribution in [-0.2, 0) is 29.3 Å². The highest BCUT2D eigenvalue weighted by atomic mass is 16.6. The van der Waals surface area contributed by atoms with Gasteiger partial charge in [0.25, 0.3) is 17.5 Å². The second-order valence-electron chi connectivity index (χ2n) is 11.6. The van der Waals surface area contributed by atoms with Crippen LogP contribution in [0.4, 0.5) is 11.4 Å². The van der Waals surface area contributed by atoms with Crippen LogP contribution in [0, 0.1) is 21.4 Å². The summed E-state index contributed by atoms with van der Waals surface area (Å²) in [6.07, 6.45) is 1.43. The fourth-order valence-electron chi connectivity index (χ4n) is 5.56. The summed E-state index contributed by atoms with van der Waals surface area (Å²) in [5.41, 5.74) is 1.29. The molecule has 47 heavy (non-hydrogen) atoms. The topological polar surface area (TPSA) is 180 Å². The normalized spacial score (nSPS) is 17.9. The van der Waals surface area contributed by atoms with E-state index in [2.05, 4.69) is 0 Å². The molecule has 0 fully saturated rings. The van der Waals surface area contributed by atoms with Gasteiger partial charge in [-0.3, -0.25) is 34.2 Å². The summed E-state index contributed by atoms with van der Waals surface area (Å²) in [7, 11) is 0. The van der Waals surface area contributed by atoms with Gasteiger partial charge in [-0.25, -0.2) is 0 Å². The van der Waals surface area contributed by atoms with Crippen molar-refractivity contribution < 1.29 is 38.7 Å². The number of hydrogen-bond acceptors (Lipinski definition) is 10. The number of ether oxygens (including phenoxy) is 2. The minimum atomic E-state index is -1.17. The Morgan fingerprint density at radius 3 is 2.43 bits per heavy atom. The zero-order chi connectivity index (χ0) is 34.5. The van der Waals surface area contributed by atoms with Crippen molar-refractivity contribution in [2.45, 2.75) is 52.1 Å². The zero-order valence-electron chi connectivity index (χ0n) is 26.4. The summed E-state index contributed by atoms with van der Waals surface area (Å²) < 4.78 is 11.1. The quantitative estimate of drug-likeness (QED) is 0.112. The number of carboxylic acid groups (broad SMARTS) is 1. The number of allylic oxidation sites excluding steroid dienone is 3. The summed E-state index contributed by atoms with van der Waals surface area (Å²) in [5.74, 6) is -2.85. The number of hydrogen-bond donors (Lipinski definition) is 1. The van der Waals surface area contributed by atoms with Crippen molar-refractivity contribution in [1.82, 2.24) is 4.90 Å². The van der Waals surface area contributed by atoms with E-state index in [-0.39, 0.29) is 42.0 Å². The Morgan fingerprint density at radius 2 is 1.79 bits per heavy atom. The van der Waals surface area contributed by atoms with E-state index in [9.17, 15) is 34.6 Å². The summed E-state index contributed by atoms with van der Waals surface area (Å²) in [6, 6.07) is 15.7. The molecule has 2 amide bonds. The molecule has 0 aromatic heterocycles. The van der Waals surface area contributed by atoms with E-state index < -0.39 is 46.6 Å². The number of nitro groups is 1. The molecule has 2 aromatic carbocycles. The maximum Gasteiger partial charge on any atom is 0.306 e. The fraction of sp³-hybridized carbons (Fsp3) is 0.324. The highest BCUT2D eigenvalue weighted by Gasteiger charge is 2.42. The van der Waals surface area contributed by atoms with Gasteiger partial charge in [-0.05, 0) is 55.3 Å². The van der Waals surface area contributed by atoms with Crippen molar-refractivity contribution in [2.24, 2.45) is 0 Å². The number of amides is 2. The van der Waals surface area contributed by atoms with Gasteiger partial charge < -0.3 is 19.5 Å². The highest BCUT2D eigenvalue weighted by Crippen LogP contribution is 2.49. The van der Waals surface area contributed by atoms with Crippen LogP contribution < -0.4 is 9.64 Å². The molecule has 1 unspecified atom stereocenters. The molecule has 2 heterocycles. The minimum absolute atomic E-state index is 0.0660. The first-order chi connectivity index (χ1) is 22.3. The number of nitro benzene ring substituents is 1. The SMILES string of the molecule is CC1=C(C#N)C(=O)N(CC(C)OC(=O)CCC(=O)O)C(=O)/C1=C\C=C1\N(CCOc2ccccc2)c2ccc([N+](=O)[O-])cc2C1(C)C. The average Bonchev–Trinajstić information content (AvgIpc) is 3.23. The van der Waals surface area contributed by atoms with Gasteiger partial charge >= 0.3 is 11.9 Å². The van der Waals surface area contributed by atoms with E-state index >= 15 is 0 Å². The molecule has 0 bridgehead atoms. The zero-order valence-corrected chi connectivity index (χ0v) is 26.4. The van der Waals surface area contributed by atoms with E-state index in [1.165, 1.54) is 32.1 Å². The lowest BCUT2D eigenvalue weighted by Crippen LogP contribution is -2.46. The molecule has 13 heteroatoms. The largest absolute Gasteiger partial charge is 0.492 e. The molecule has 1 atom stereocenters. The van der Waals surface area contributed by atoms with Gasteiger partial charge in [-0.2, -0.15) is 5.26 Å². The first kappa shape index (κ1) is 34.1. The number of imide groups is 1. The standard InChI is InChI=1S/C34H34N4O9/c1-21(47-31(41)15-14-30(39)40)20-37-32(42)25(22(2)26(19-35)33(37)43)11-13-29-34(3,4)27-18-23(38(44)45)10-12-28(27)36(29)16-17-46-24-8-6-5-7-9-24/h5-13,18,21H,14-17,20H2,1-4H3,(H,39,40)/b25-11-,29-13+. The van der Waals surface area contributed by atoms with Crippen LogP contribution in [0.1, 0.15) is 46.1 Å². The van der Waals surface area contributed by atoms with Crippen LogP contribution in [0.2, 0.25) is 0 Å². The predicted molar refractivity (Wildman–Crippen MR) is 169 cm³/mol. The number of non-ortho nitro benzene ring substituents is 1. The first-order valence-corrected chi connectivity index (χ1v) is 14.8. The Labute approximate surface area is 271 Å². The van der Waals surface area contributed by atoms with Crippen molar-refractivity contribution >= 4 is 35.1 Å². The number of rotatable bonds is 12. The fourth-order valence-corrected chi connectivity index (χ4v) is 5.56. The van der Waals surface area contributed by atoms with Crippen molar-refractivity contribution in [2.75, 3.05) is 24.6 Å². The van der Waals surface area contributed by atoms with Gasteiger partial charge in [0.05, 0.1) is 30.9 Å². The van der Waals surface area contributed by atoms with Crippen LogP contribution in [0.5, 0.6) is 5.75 Å². The third-order valence-electron chi connectivity index (χ3n) is 7.96. The number of benzene rings is 2. The van der Waals surface area contributed by atoms with E-state index in [4.69, 9.17) is 14.6 Å². The molecule has 0 aliphatic carbocycles. The summed E-state index contributed by atoms with van der Waals surface area (Å²) in [4.78, 5) is 63.6. The molecule has 4 rings (SSSR count). The van der Waals surface area contributed by atoms with Crippen LogP contribution >= 0.6 is 0 Å². The number of nitriles is 1. The maximum atomic E-state index is 13.7. The number of carbonyl (C=O) groups is 4. The summed E-state index contributed by atoms with van der Waals surface area (Å²) in [6.45, 7) is 7.03. The number of nitrogens with zero attached hydrogens (tertiary/aromatic N) is 4. The number of aliphatic carboxylic acids is 1. The number of carboxylic acids is 1. The maximum absolute atomic E-state index is 13.7. The number of carbonyl (C=O) groups excluding carboxylic acids is 3. The number of para-hydroxylation sites is 1. The van der Waals surface area contributed by atoms with Crippen LogP contribution in [0.3, 0.4) is 0 Å². The predicted octanol–water partition coefficient (Wildman–Crippen LogP) is 4.59. The van der Waals surface area contributed by atoms with Crippen molar-refractivity contribution in [1.29, 1.82) is 5.26 Å². The van der Waals surface area contributed by atoms with Crippen LogP contribution in [-0.4, -0.2) is 64.5 Å². The Kier molecular flexibility index (Phi) is 10.2. The third-order valence-corrected chi connectivity index (χ3v) is 7.96. The molecule has 1 N–H and O–H groups in total. The number of fused-ring (bicyclic) bond motifs is 1. The summed E-state index contributed by atoms with van der Waals surface area (Å²) in [5, 5.41) is 30.2. The van der Waals surface area contributed by atoms with Crippen molar-refractivity contribution in [3.05, 3.63) is 98.8 Å². The molecule has 13 nitrogen and oxygen atoms in total. The molecular weight excluding hydrogens is 608 g/mol. The van der Waals surface area contributed by atoms with Crippen LogP contribution in [0.25, 0.3) is 0 Å². The Bertz CT molecular complexity index is 1750. The lowest BCUT2D eigenvalue weighted by molar-refractivity contribution is -0.384. The van der Waals surface area contributed by atoms with E-state index in [0.29, 0.717) is 23.6 Å². The number of anilines is 1. The first-order valence-electron chi connectivity index (χ1n) is 14.8. The lowest BCUT2D eigenvalue weighted by atomic mass is 9.83. The Hall–Kier alpha value is -5.77. The second-order valence-corrected chi connectivity index (χ2v) is 11.6. The second kappa shape index (κ2) is 14.1. The van der Waals surface area contributed by atoms with Gasteiger partial charge in [0.2, 0.25) is 0 Å². The summed E-state index contributed by atoms with van der Waals surface area (Å²) >= 11 is 0. The van der Waals surface area contributed by atoms with Gasteiger partial charge in [0, 0.05) is 34.5 Å². The minimum Gasteiger partial charge on any atom is -0.492 e. The van der Waals surface area contributed by atoms with Crippen molar-refractivity contribution in [3.8, 4) is 11.8 Å². The molecule has 2 aliphatic heterocycles. The third kappa shape index (κ3) is 7.38. The van der Waals surface area contributed by atoms with Gasteiger partial charge in [0.1, 0.15) is 30.1 Å². The van der Waals surface area contributed by atoms with Crippen LogP contribution in [0.15, 0.2) is 83.1 Å². The molecule has 2 aliphatic rings. The van der Waals surface area contributed by atoms with Gasteiger partial charge in [-0.15, -0.1) is 0 Å². The van der Waals surface area contributed by atoms with Gasteiger partial charge in [-0.1, -0.05) is 32.0 Å². The monoisotopic (exact) mass is 642 g/mol. The molecule has 0 spiro atoms. The molecular formula is C34H34N4O9. The highest BCUT2D eigenvalue weighted by molar-refractivity contribution is 6.18. The molecule has 0 saturated heterocycles. The van der Waals surface area contributed by atoms with Gasteiger partial charge in [0.15, 0.2) is 0 Å². The van der Waals surface area contributed by atoms with E-state index in [1.54, 1.807) is 12.1 Å². The number of esters is 1. The molecule has 0 radical (unpaired) electrons.